The minimum absolute atomic E-state index is 0. The topological polar surface area (TPSA) is 0 Å². The van der Waals surface area contributed by atoms with E-state index in [9.17, 15) is 0 Å². The number of benzene rings is 4. The summed E-state index contributed by atoms with van der Waals surface area (Å²) >= 11 is 12.6. The Morgan fingerprint density at radius 1 is 0.711 bits per heavy atom. The van der Waals surface area contributed by atoms with Crippen molar-refractivity contribution in [2.24, 2.45) is 0 Å². The average molecular weight is 674 g/mol. The minimum Gasteiger partial charge on any atom is -1.00 e. The molecule has 4 aromatic rings. The monoisotopic (exact) mass is 670 g/mol. The van der Waals surface area contributed by atoms with Gasteiger partial charge in [-0.3, -0.25) is 0 Å². The second kappa shape index (κ2) is 12.2. The van der Waals surface area contributed by atoms with Crippen molar-refractivity contribution in [2.45, 2.75) is 36.0 Å². The molecule has 0 saturated carbocycles. The first kappa shape index (κ1) is 29.9. The zero-order valence-corrected chi connectivity index (χ0v) is 28.2. The molecular weight excluding hydrogens is 645 g/mol. The Bertz CT molecular complexity index is 1530. The Morgan fingerprint density at radius 2 is 1.32 bits per heavy atom. The van der Waals surface area contributed by atoms with Crippen molar-refractivity contribution in [3.63, 3.8) is 0 Å². The molecule has 0 heterocycles. The predicted molar refractivity (Wildman–Crippen MR) is 155 cm³/mol. The van der Waals surface area contributed by atoms with Crippen LogP contribution in [-0.2, 0) is 22.4 Å². The fourth-order valence-corrected chi connectivity index (χ4v) is 16.4. The molecule has 0 aromatic heterocycles. The fraction of sp³-hybridized carbons (Fsp3) is 0.188. The summed E-state index contributed by atoms with van der Waals surface area (Å²) in [5.74, 6) is -0.323. The first-order valence-electron chi connectivity index (χ1n) is 12.8. The number of rotatable bonds is 5. The van der Waals surface area contributed by atoms with Crippen molar-refractivity contribution >= 4 is 35.2 Å². The van der Waals surface area contributed by atoms with Gasteiger partial charge in [0.15, 0.2) is 0 Å². The van der Waals surface area contributed by atoms with Gasteiger partial charge >= 0.3 is 238 Å². The van der Waals surface area contributed by atoms with Crippen molar-refractivity contribution in [3.05, 3.63) is 122 Å². The molecule has 38 heavy (non-hydrogen) atoms. The molecule has 0 radical (unpaired) electrons. The number of halogens is 4. The van der Waals surface area contributed by atoms with Gasteiger partial charge < -0.3 is 24.8 Å². The summed E-state index contributed by atoms with van der Waals surface area (Å²) in [7, 11) is 0. The van der Waals surface area contributed by atoms with Crippen LogP contribution in [0.2, 0.25) is 23.1 Å². The number of allylic oxidation sites excluding steroid dienone is 1. The second-order valence-electron chi connectivity index (χ2n) is 10.1. The summed E-state index contributed by atoms with van der Waals surface area (Å²) in [6.07, 6.45) is 3.46. The molecule has 4 aromatic carbocycles. The van der Waals surface area contributed by atoms with Gasteiger partial charge in [-0.25, -0.2) is 0 Å². The van der Waals surface area contributed by atoms with E-state index in [-0.39, 0.29) is 24.8 Å². The molecule has 0 saturated heterocycles. The molecule has 0 spiro atoms. The maximum absolute atomic E-state index is 6.71. The smallest absolute Gasteiger partial charge is 1.00 e. The quantitative estimate of drug-likeness (QED) is 0.284. The van der Waals surface area contributed by atoms with Crippen LogP contribution in [0.15, 0.2) is 84.4 Å². The van der Waals surface area contributed by atoms with E-state index in [1.807, 2.05) is 12.1 Å². The third kappa shape index (κ3) is 4.96. The first-order valence-corrected chi connectivity index (χ1v) is 22.1. The van der Waals surface area contributed by atoms with Crippen LogP contribution < -0.4 is 24.8 Å². The number of hydrogen-bond donors (Lipinski definition) is 0. The molecule has 2 unspecified atom stereocenters. The van der Waals surface area contributed by atoms with Crippen molar-refractivity contribution in [3.8, 4) is 22.3 Å². The van der Waals surface area contributed by atoms with Crippen LogP contribution in [0.1, 0.15) is 50.7 Å². The van der Waals surface area contributed by atoms with E-state index in [2.05, 4.69) is 92.8 Å². The van der Waals surface area contributed by atoms with E-state index < -0.39 is 28.3 Å². The first-order chi connectivity index (χ1) is 17.5. The SMILES string of the molecule is CCC1=Cc2c(-c3cccc(Cl)c3Cl)cccc2C1c1cccc2c1[CH]([Zr+2][SiH](C)C)c1ccccc1-2.[Cl-].[Cl-]. The number of fused-ring (bicyclic) bond motifs is 4. The zero-order chi connectivity index (χ0) is 25.0. The van der Waals surface area contributed by atoms with Crippen LogP contribution in [0.25, 0.3) is 28.3 Å². The largest absolute Gasteiger partial charge is 1.00 e. The van der Waals surface area contributed by atoms with Gasteiger partial charge in [0.05, 0.1) is 0 Å². The van der Waals surface area contributed by atoms with E-state index in [1.54, 1.807) is 11.1 Å². The van der Waals surface area contributed by atoms with Crippen LogP contribution in [0.3, 0.4) is 0 Å². The maximum Gasteiger partial charge on any atom is -1.00 e. The average Bonchev–Trinajstić information content (AvgIpc) is 3.42. The van der Waals surface area contributed by atoms with Gasteiger partial charge in [-0.2, -0.15) is 0 Å². The molecule has 2 aliphatic rings. The van der Waals surface area contributed by atoms with Gasteiger partial charge in [0, 0.05) is 0 Å². The van der Waals surface area contributed by atoms with Crippen LogP contribution in [0.4, 0.5) is 0 Å². The minimum atomic E-state index is -0.618. The van der Waals surface area contributed by atoms with Crippen molar-refractivity contribution in [1.82, 2.24) is 0 Å². The summed E-state index contributed by atoms with van der Waals surface area (Å²) in [6, 6.07) is 28.9. The third-order valence-corrected chi connectivity index (χ3v) is 18.3. The normalized spacial score (nSPS) is 16.5. The molecule has 192 valence electrons. The Balaban J connectivity index is 0.00000168. The molecule has 6 rings (SSSR count). The van der Waals surface area contributed by atoms with Gasteiger partial charge in [0.2, 0.25) is 0 Å². The van der Waals surface area contributed by atoms with Gasteiger partial charge in [-0.15, -0.1) is 0 Å². The van der Waals surface area contributed by atoms with Crippen LogP contribution in [0, 0.1) is 0 Å². The Hall–Kier alpha value is -1.12. The van der Waals surface area contributed by atoms with Crippen LogP contribution in [-0.4, -0.2) is 5.92 Å². The van der Waals surface area contributed by atoms with E-state index in [0.717, 1.165) is 12.0 Å². The third-order valence-electron chi connectivity index (χ3n) is 7.60. The predicted octanol–water partition coefficient (Wildman–Crippen LogP) is 3.74. The molecular formula is C32H28Cl4SiZr. The van der Waals surface area contributed by atoms with Crippen molar-refractivity contribution < 1.29 is 47.2 Å². The molecule has 6 heteroatoms. The van der Waals surface area contributed by atoms with Gasteiger partial charge in [-0.05, 0) is 0 Å². The Morgan fingerprint density at radius 3 is 2.05 bits per heavy atom. The van der Waals surface area contributed by atoms with Crippen LogP contribution in [0.5, 0.6) is 0 Å². The second-order valence-corrected chi connectivity index (χ2v) is 25.9. The summed E-state index contributed by atoms with van der Waals surface area (Å²) < 4.78 is 0.662. The van der Waals surface area contributed by atoms with Crippen molar-refractivity contribution in [1.29, 1.82) is 0 Å². The molecule has 0 nitrogen and oxygen atoms in total. The van der Waals surface area contributed by atoms with Gasteiger partial charge in [-0.1, -0.05) is 0 Å². The summed E-state index contributed by atoms with van der Waals surface area (Å²) in [5.41, 5.74) is 14.1. The van der Waals surface area contributed by atoms with E-state index in [4.69, 9.17) is 23.2 Å². The molecule has 0 amide bonds. The van der Waals surface area contributed by atoms with E-state index >= 15 is 0 Å². The van der Waals surface area contributed by atoms with Gasteiger partial charge in [0.1, 0.15) is 0 Å². The summed E-state index contributed by atoms with van der Waals surface area (Å²) in [5, 5.41) is 1.24. The summed E-state index contributed by atoms with van der Waals surface area (Å²) in [6.45, 7) is 7.40. The van der Waals surface area contributed by atoms with Crippen molar-refractivity contribution in [2.75, 3.05) is 0 Å². The molecule has 0 aliphatic heterocycles. The van der Waals surface area contributed by atoms with Gasteiger partial charge in [0.25, 0.3) is 0 Å². The zero-order valence-electron chi connectivity index (χ0n) is 21.5. The number of hydrogen-bond acceptors (Lipinski definition) is 0. The molecule has 0 bridgehead atoms. The molecule has 2 atom stereocenters. The fourth-order valence-electron chi connectivity index (χ4n) is 6.13. The Kier molecular flexibility index (Phi) is 9.56. The summed E-state index contributed by atoms with van der Waals surface area (Å²) in [4.78, 5) is 0. The molecule has 0 N–H and O–H groups in total. The molecule has 0 fully saturated rings. The maximum atomic E-state index is 6.71. The van der Waals surface area contributed by atoms with E-state index in [1.165, 1.54) is 39.0 Å². The molecule has 2 aliphatic carbocycles. The Labute approximate surface area is 260 Å². The van der Waals surface area contributed by atoms with Crippen LogP contribution >= 0.6 is 23.2 Å². The standard InChI is InChI=1S/C30H21Cl2.C2H7Si.2ClH.Zr/c1-2-18-16-26-22(25-14-7-15-28(31)30(25)32)11-6-13-23(26)29(18)24-12-5-10-21-20-9-4-3-8-19(20)17-27(21)24;1-3-2;;;/h3-17,29H,2H2,1H3;3H,1-2H3;2*1H;/q;;;;+2/p-2. The van der Waals surface area contributed by atoms with E-state index in [0.29, 0.717) is 19.6 Å².